The van der Waals surface area contributed by atoms with Crippen molar-refractivity contribution in [1.29, 1.82) is 0 Å². The molecule has 0 aliphatic rings. The molecule has 0 N–H and O–H groups in total. The summed E-state index contributed by atoms with van der Waals surface area (Å²) >= 11 is 0. The molecule has 0 unspecified atom stereocenters. The van der Waals surface area contributed by atoms with Gasteiger partial charge in [-0.25, -0.2) is 4.89 Å². The van der Waals surface area contributed by atoms with Crippen LogP contribution in [0.15, 0.2) is 0 Å². The van der Waals surface area contributed by atoms with E-state index in [0.717, 1.165) is 0 Å². The molecule has 128 valence electrons. The van der Waals surface area contributed by atoms with Crippen LogP contribution in [0.5, 0.6) is 0 Å². The fourth-order valence-electron chi connectivity index (χ4n) is 0.741. The van der Waals surface area contributed by atoms with Gasteiger partial charge < -0.3 is 0 Å². The van der Waals surface area contributed by atoms with Gasteiger partial charge in [-0.3, -0.25) is 0 Å². The van der Waals surface area contributed by atoms with Gasteiger partial charge in [-0.15, -0.1) is 4.33 Å². The minimum Gasteiger partial charge on any atom is -0.220 e. The van der Waals surface area contributed by atoms with E-state index in [1.807, 2.05) is 0 Å². The summed E-state index contributed by atoms with van der Waals surface area (Å²) in [6, 6.07) is 0. The summed E-state index contributed by atoms with van der Waals surface area (Å²) in [5, 5.41) is -6.90. The van der Waals surface area contributed by atoms with Crippen LogP contribution in [0, 0.1) is 0 Å². The van der Waals surface area contributed by atoms with Gasteiger partial charge in [0.05, 0.1) is 6.61 Å². The van der Waals surface area contributed by atoms with Crippen LogP contribution in [0.4, 0.5) is 39.5 Å². The van der Waals surface area contributed by atoms with E-state index in [4.69, 9.17) is 0 Å². The van der Waals surface area contributed by atoms with Gasteiger partial charge in [0, 0.05) is 0 Å². The van der Waals surface area contributed by atoms with Gasteiger partial charge in [0.15, 0.2) is 0 Å². The van der Waals surface area contributed by atoms with Crippen LogP contribution in [0.3, 0.4) is 0 Å². The largest absolute Gasteiger partial charge is 0.460 e. The first-order chi connectivity index (χ1) is 9.06. The molecule has 0 atom stereocenters. The van der Waals surface area contributed by atoms with Crippen molar-refractivity contribution in [2.75, 3.05) is 6.61 Å². The first kappa shape index (κ1) is 20.2. The molecule has 0 aliphatic heterocycles. The molecule has 0 spiro atoms. The fraction of sp³-hybridized carbons (Fsp3) is 1.00. The number of alkyl halides is 9. The average molecular weight is 358 g/mol. The first-order valence-corrected chi connectivity index (χ1v) is 6.23. The minimum atomic E-state index is -7.33. The molecular formula is C7H7F9O4S. The molecule has 0 heterocycles. The SMILES string of the molecule is CCCOOS(=O)(=O)C(F)(F)C(F)(F)C(F)(F)C(F)(F)F. The Hall–Kier alpha value is -0.760. The van der Waals surface area contributed by atoms with Crippen LogP contribution in [0.2, 0.25) is 0 Å². The Balaban J connectivity index is 5.67. The molecule has 4 nitrogen and oxygen atoms in total. The Labute approximate surface area is 111 Å². The lowest BCUT2D eigenvalue weighted by Gasteiger charge is -2.32. The summed E-state index contributed by atoms with van der Waals surface area (Å²) < 4.78 is 136. The maximum atomic E-state index is 12.9. The summed E-state index contributed by atoms with van der Waals surface area (Å²) in [5.74, 6) is -14.7. The van der Waals surface area contributed by atoms with Crippen molar-refractivity contribution >= 4 is 10.1 Å². The highest BCUT2D eigenvalue weighted by Crippen LogP contribution is 2.54. The monoisotopic (exact) mass is 358 g/mol. The molecule has 0 aromatic heterocycles. The topological polar surface area (TPSA) is 52.6 Å². The highest BCUT2D eigenvalue weighted by atomic mass is 32.2. The first-order valence-electron chi connectivity index (χ1n) is 4.82. The zero-order valence-corrected chi connectivity index (χ0v) is 10.7. The molecule has 0 fully saturated rings. The standard InChI is InChI=1S/C7H7F9O4S/c1-2-3-19-20-21(17,18)7(15,16)5(10,11)4(8,9)6(12,13)14/h2-3H2,1H3. The third kappa shape index (κ3) is 3.36. The third-order valence-electron chi connectivity index (χ3n) is 1.86. The van der Waals surface area contributed by atoms with Gasteiger partial charge in [0.25, 0.3) is 0 Å². The Morgan fingerprint density at radius 2 is 1.29 bits per heavy atom. The predicted molar refractivity (Wildman–Crippen MR) is 47.1 cm³/mol. The van der Waals surface area contributed by atoms with Crippen LogP contribution in [0.25, 0.3) is 0 Å². The van der Waals surface area contributed by atoms with Crippen LogP contribution < -0.4 is 0 Å². The van der Waals surface area contributed by atoms with Crippen molar-refractivity contribution in [2.24, 2.45) is 0 Å². The summed E-state index contributed by atoms with van der Waals surface area (Å²) in [7, 11) is -6.92. The molecule has 0 rings (SSSR count). The maximum absolute atomic E-state index is 12.9. The van der Waals surface area contributed by atoms with E-state index in [1.54, 1.807) is 0 Å². The van der Waals surface area contributed by atoms with Crippen molar-refractivity contribution in [1.82, 2.24) is 0 Å². The third-order valence-corrected chi connectivity index (χ3v) is 3.01. The zero-order valence-electron chi connectivity index (χ0n) is 9.86. The molecular weight excluding hydrogens is 351 g/mol. The van der Waals surface area contributed by atoms with Gasteiger partial charge in [-0.05, 0) is 6.42 Å². The number of hydrogen-bond acceptors (Lipinski definition) is 4. The molecule has 0 aliphatic carbocycles. The van der Waals surface area contributed by atoms with Gasteiger partial charge in [0.1, 0.15) is 0 Å². The van der Waals surface area contributed by atoms with Gasteiger partial charge in [0.2, 0.25) is 0 Å². The quantitative estimate of drug-likeness (QED) is 0.304. The molecule has 14 heteroatoms. The Kier molecular flexibility index (Phi) is 5.58. The van der Waals surface area contributed by atoms with Crippen molar-refractivity contribution in [3.05, 3.63) is 0 Å². The highest BCUT2D eigenvalue weighted by Gasteiger charge is 2.86. The average Bonchev–Trinajstić information content (AvgIpc) is 2.26. The zero-order chi connectivity index (χ0) is 17.3. The molecule has 0 saturated heterocycles. The second-order valence-corrected chi connectivity index (χ2v) is 5.06. The number of halogens is 9. The molecule has 0 saturated carbocycles. The van der Waals surface area contributed by atoms with E-state index in [1.165, 1.54) is 6.92 Å². The highest BCUT2D eigenvalue weighted by molar-refractivity contribution is 7.87. The predicted octanol–water partition coefficient (Wildman–Crippen LogP) is 3.10. The van der Waals surface area contributed by atoms with Gasteiger partial charge in [-0.2, -0.15) is 47.9 Å². The Bertz CT molecular complexity index is 455. The van der Waals surface area contributed by atoms with Crippen molar-refractivity contribution in [2.45, 2.75) is 36.6 Å². The maximum Gasteiger partial charge on any atom is 0.460 e. The van der Waals surface area contributed by atoms with E-state index < -0.39 is 40.0 Å². The van der Waals surface area contributed by atoms with Gasteiger partial charge >= 0.3 is 33.4 Å². The smallest absolute Gasteiger partial charge is 0.220 e. The second kappa shape index (κ2) is 5.79. The van der Waals surface area contributed by atoms with Crippen LogP contribution in [-0.4, -0.2) is 38.3 Å². The van der Waals surface area contributed by atoms with Crippen LogP contribution in [-0.2, 0) is 19.3 Å². The van der Waals surface area contributed by atoms with Crippen LogP contribution >= 0.6 is 0 Å². The van der Waals surface area contributed by atoms with E-state index in [-0.39, 0.29) is 6.42 Å². The molecule has 21 heavy (non-hydrogen) atoms. The molecule has 0 amide bonds. The van der Waals surface area contributed by atoms with E-state index >= 15 is 0 Å². The summed E-state index contributed by atoms with van der Waals surface area (Å²) in [5.41, 5.74) is 0. The van der Waals surface area contributed by atoms with E-state index in [9.17, 15) is 47.9 Å². The number of hydrogen-bond donors (Lipinski definition) is 0. The lowest BCUT2D eigenvalue weighted by Crippen LogP contribution is -2.63. The normalized spacial score (nSPS) is 15.3. The van der Waals surface area contributed by atoms with E-state index in [0.29, 0.717) is 0 Å². The minimum absolute atomic E-state index is 0.0593. The number of rotatable bonds is 7. The molecule has 0 aromatic rings. The van der Waals surface area contributed by atoms with E-state index in [2.05, 4.69) is 9.22 Å². The fourth-order valence-corrected chi connectivity index (χ4v) is 1.46. The van der Waals surface area contributed by atoms with Crippen molar-refractivity contribution < 1.29 is 57.2 Å². The van der Waals surface area contributed by atoms with Crippen molar-refractivity contribution in [3.63, 3.8) is 0 Å². The second-order valence-electron chi connectivity index (χ2n) is 3.51. The summed E-state index contributed by atoms with van der Waals surface area (Å²) in [4.78, 5) is 3.50. The lowest BCUT2D eigenvalue weighted by atomic mass is 10.1. The van der Waals surface area contributed by atoms with Crippen molar-refractivity contribution in [3.8, 4) is 0 Å². The molecule has 0 bridgehead atoms. The Morgan fingerprint density at radius 3 is 1.62 bits per heavy atom. The molecule has 0 aromatic carbocycles. The summed E-state index contributed by atoms with van der Waals surface area (Å²) in [6.07, 6.45) is -7.18. The lowest BCUT2D eigenvalue weighted by molar-refractivity contribution is -0.384. The van der Waals surface area contributed by atoms with Crippen LogP contribution in [0.1, 0.15) is 13.3 Å². The van der Waals surface area contributed by atoms with Gasteiger partial charge in [-0.1, -0.05) is 6.92 Å². The summed E-state index contributed by atoms with van der Waals surface area (Å²) in [6.45, 7) is 0.567. The molecule has 0 radical (unpaired) electrons. The Morgan fingerprint density at radius 1 is 0.857 bits per heavy atom.